The topological polar surface area (TPSA) is 93.2 Å². The molecule has 8 nitrogen and oxygen atoms in total. The van der Waals surface area contributed by atoms with Crippen molar-refractivity contribution < 1.29 is 27.3 Å². The molecule has 596 valence electrons. The third-order valence-corrected chi connectivity index (χ3v) is 25.8. The van der Waals surface area contributed by atoms with Gasteiger partial charge in [-0.1, -0.05) is 356 Å². The molecule has 0 N–H and O–H groups in total. The van der Waals surface area contributed by atoms with E-state index in [2.05, 4.69) is 335 Å². The van der Waals surface area contributed by atoms with Crippen LogP contribution in [-0.4, -0.2) is 11.6 Å². The molecule has 0 saturated heterocycles. The van der Waals surface area contributed by atoms with E-state index in [1.54, 1.807) is 6.07 Å². The summed E-state index contributed by atoms with van der Waals surface area (Å²) in [5.41, 5.74) is 27.6. The normalized spacial score (nSPS) is 12.0. The highest BCUT2D eigenvalue weighted by molar-refractivity contribution is 9.10. The maximum atomic E-state index is 15.2. The van der Waals surface area contributed by atoms with E-state index in [-0.39, 0.29) is 0 Å². The van der Waals surface area contributed by atoms with Crippen LogP contribution in [0, 0.1) is 0 Å². The van der Waals surface area contributed by atoms with Gasteiger partial charge < -0.3 is 27.5 Å². The third-order valence-electron chi connectivity index (χ3n) is 25.1. The summed E-state index contributed by atoms with van der Waals surface area (Å²) < 4.78 is 29.4. The number of para-hydroxylation sites is 6. The maximum Gasteiger partial charge on any atom is 0.236 e. The number of fused-ring (bicyclic) bond motifs is 19. The van der Waals surface area contributed by atoms with E-state index in [1.807, 2.05) is 115 Å². The molecule has 0 spiro atoms. The van der Waals surface area contributed by atoms with Gasteiger partial charge in [0.1, 0.15) is 44.7 Å². The van der Waals surface area contributed by atoms with Crippen LogP contribution in [0.15, 0.2) is 453 Å². The SMILES string of the molecule is Brc1ccc2c(oc3c(-c4ccc(-c5ccccc5)cc4)cccc32)c1-c1cc(N(c2ccccc2)c2ccc3ccccc3c2)cc2oc3c(-c4ccccc4)cccc3c12.O=C1C(=O)c2c(N(c3ccccc3)c3ccc4ccccc4c3)cc3oc4c(-c5ccccc5)cccc4c3c2-c2c1ccc1c2oc2c(-c3ccc(-c4ccccc4)cc3)cccc21. The highest BCUT2D eigenvalue weighted by Crippen LogP contribution is 2.56. The minimum atomic E-state index is -0.589. The average Bonchev–Trinajstić information content (AvgIpc) is 1.58. The minimum Gasteiger partial charge on any atom is -0.455 e. The Balaban J connectivity index is 0.000000142. The summed E-state index contributed by atoms with van der Waals surface area (Å²) >= 11 is 4.07. The summed E-state index contributed by atoms with van der Waals surface area (Å²) in [6, 6.07) is 149. The van der Waals surface area contributed by atoms with Crippen LogP contribution in [0.1, 0.15) is 20.7 Å². The van der Waals surface area contributed by atoms with Gasteiger partial charge in [0, 0.05) is 133 Å². The van der Waals surface area contributed by atoms with Crippen LogP contribution in [0.5, 0.6) is 0 Å². The standard InChI is InChI=1S/C60H35NO4.C58H36BrNO2/c62-56-48-33-32-47-46-24-12-22-45(40-28-26-38(27-29-40)36-14-4-1-5-15-36)58(46)65-60(47)53(48)55-52-49-25-13-23-44(39-17-6-2-7-18-39)59(49)64-51(52)35-50(54(55)57(56)63)61(42-20-8-3-9-21-42)43-31-30-37-16-10-11-19-41(37)34-43;59-52-33-32-49-48-24-12-22-47(41-28-26-39(27-29-41)37-14-4-1-5-15-37)56(48)62-58(49)55(52)51-35-45(36-53-54(51)50-25-13-23-46(57(50)61-53)40-17-6-2-7-18-40)60(43-20-8-3-9-21-43)44-31-30-38-16-10-11-19-42(38)34-44/h1-35H;1-36H. The molecule has 0 saturated carbocycles. The predicted octanol–water partition coefficient (Wildman–Crippen LogP) is 33.7. The lowest BCUT2D eigenvalue weighted by atomic mass is 9.79. The van der Waals surface area contributed by atoms with E-state index in [0.29, 0.717) is 50.3 Å². The molecule has 0 unspecified atom stereocenters. The number of hydrogen-bond donors (Lipinski definition) is 0. The van der Waals surface area contributed by atoms with Crippen LogP contribution in [0.25, 0.3) is 198 Å². The molecule has 4 aromatic heterocycles. The summed E-state index contributed by atoms with van der Waals surface area (Å²) in [7, 11) is 0. The first kappa shape index (κ1) is 74.4. The van der Waals surface area contributed by atoms with Gasteiger partial charge in [-0.3, -0.25) is 9.59 Å². The Kier molecular flexibility index (Phi) is 17.9. The number of nitrogens with zero attached hydrogens (tertiary/aromatic N) is 2. The Labute approximate surface area is 738 Å². The van der Waals surface area contributed by atoms with Crippen LogP contribution in [0.2, 0.25) is 0 Å². The summed E-state index contributed by atoms with van der Waals surface area (Å²) in [4.78, 5) is 34.4. The second kappa shape index (κ2) is 30.5. The molecule has 1 aliphatic carbocycles. The Morgan fingerprint density at radius 3 is 1.06 bits per heavy atom. The first-order valence-electron chi connectivity index (χ1n) is 42.6. The molecule has 4 heterocycles. The summed E-state index contributed by atoms with van der Waals surface area (Å²) in [5.74, 6) is -1.18. The van der Waals surface area contributed by atoms with Crippen molar-refractivity contribution in [3.05, 3.63) is 446 Å². The number of halogens is 1. The number of anilines is 6. The van der Waals surface area contributed by atoms with Gasteiger partial charge >= 0.3 is 0 Å². The van der Waals surface area contributed by atoms with Crippen molar-refractivity contribution in [3.63, 3.8) is 0 Å². The molecular formula is C118H71BrN2O6. The van der Waals surface area contributed by atoms with E-state index >= 15 is 4.79 Å². The Morgan fingerprint density at radius 1 is 0.197 bits per heavy atom. The summed E-state index contributed by atoms with van der Waals surface area (Å²) in [6.45, 7) is 0. The molecule has 25 rings (SSSR count). The van der Waals surface area contributed by atoms with Crippen molar-refractivity contribution in [2.75, 3.05) is 9.80 Å². The molecule has 24 aromatic rings. The van der Waals surface area contributed by atoms with Gasteiger partial charge in [0.05, 0.1) is 16.9 Å². The Bertz CT molecular complexity index is 8540. The van der Waals surface area contributed by atoms with Gasteiger partial charge in [-0.25, -0.2) is 0 Å². The van der Waals surface area contributed by atoms with E-state index in [0.717, 1.165) is 176 Å². The van der Waals surface area contributed by atoms with Crippen molar-refractivity contribution in [3.8, 4) is 89.0 Å². The highest BCUT2D eigenvalue weighted by atomic mass is 79.9. The fourth-order valence-electron chi connectivity index (χ4n) is 19.2. The summed E-state index contributed by atoms with van der Waals surface area (Å²) in [5, 5.41) is 12.0. The first-order valence-corrected chi connectivity index (χ1v) is 43.4. The Hall–Kier alpha value is -16.5. The monoisotopic (exact) mass is 1690 g/mol. The van der Waals surface area contributed by atoms with E-state index < -0.39 is 11.6 Å². The lowest BCUT2D eigenvalue weighted by Gasteiger charge is -2.30. The molecule has 0 bridgehead atoms. The zero-order valence-corrected chi connectivity index (χ0v) is 69.8. The maximum absolute atomic E-state index is 15.2. The predicted molar refractivity (Wildman–Crippen MR) is 526 cm³/mol. The lowest BCUT2D eigenvalue weighted by molar-refractivity contribution is 0.0816. The number of furan rings is 4. The van der Waals surface area contributed by atoms with Gasteiger partial charge in [0.2, 0.25) is 11.6 Å². The molecular weight excluding hydrogens is 1620 g/mol. The molecule has 0 atom stereocenters. The van der Waals surface area contributed by atoms with Crippen LogP contribution < -0.4 is 9.80 Å². The number of ketones is 2. The van der Waals surface area contributed by atoms with Crippen molar-refractivity contribution in [1.29, 1.82) is 0 Å². The van der Waals surface area contributed by atoms with Crippen LogP contribution >= 0.6 is 15.9 Å². The molecule has 0 radical (unpaired) electrons. The average molecular weight is 1690 g/mol. The first-order chi connectivity index (χ1) is 62.7. The van der Waals surface area contributed by atoms with Crippen LogP contribution in [0.3, 0.4) is 0 Å². The van der Waals surface area contributed by atoms with Crippen molar-refractivity contribution in [2.45, 2.75) is 0 Å². The number of carbonyl (C=O) groups excluding carboxylic acids is 2. The van der Waals surface area contributed by atoms with Crippen LogP contribution in [-0.2, 0) is 0 Å². The quantitative estimate of drug-likeness (QED) is 0.105. The Morgan fingerprint density at radius 2 is 0.567 bits per heavy atom. The molecule has 0 amide bonds. The molecule has 0 aliphatic heterocycles. The number of benzene rings is 20. The second-order valence-electron chi connectivity index (χ2n) is 32.4. The van der Waals surface area contributed by atoms with Crippen LogP contribution in [0.4, 0.5) is 34.1 Å². The van der Waals surface area contributed by atoms with Gasteiger partial charge in [-0.15, -0.1) is 0 Å². The van der Waals surface area contributed by atoms with Crippen molar-refractivity contribution in [1.82, 2.24) is 0 Å². The van der Waals surface area contributed by atoms with Crippen molar-refractivity contribution in [2.24, 2.45) is 0 Å². The largest absolute Gasteiger partial charge is 0.455 e. The third kappa shape index (κ3) is 12.6. The molecule has 20 aromatic carbocycles. The lowest BCUT2D eigenvalue weighted by Crippen LogP contribution is -2.25. The van der Waals surface area contributed by atoms with Gasteiger partial charge in [0.25, 0.3) is 0 Å². The smallest absolute Gasteiger partial charge is 0.236 e. The van der Waals surface area contributed by atoms with E-state index in [4.69, 9.17) is 17.7 Å². The molecule has 1 aliphatic rings. The fourth-order valence-corrected chi connectivity index (χ4v) is 19.7. The van der Waals surface area contributed by atoms with Gasteiger partial charge in [-0.05, 0) is 145 Å². The second-order valence-corrected chi connectivity index (χ2v) is 33.2. The fraction of sp³-hybridized carbons (Fsp3) is 0. The zero-order chi connectivity index (χ0) is 84.3. The van der Waals surface area contributed by atoms with E-state index in [1.165, 1.54) is 21.9 Å². The number of carbonyl (C=O) groups is 2. The number of rotatable bonds is 13. The van der Waals surface area contributed by atoms with Crippen molar-refractivity contribution >= 4 is 171 Å². The van der Waals surface area contributed by atoms with E-state index in [9.17, 15) is 4.79 Å². The minimum absolute atomic E-state index is 0.296. The number of hydrogen-bond acceptors (Lipinski definition) is 8. The van der Waals surface area contributed by atoms with Gasteiger partial charge in [-0.2, -0.15) is 0 Å². The molecule has 9 heteroatoms. The molecule has 127 heavy (non-hydrogen) atoms. The zero-order valence-electron chi connectivity index (χ0n) is 68.2. The van der Waals surface area contributed by atoms with Gasteiger partial charge in [0.15, 0.2) is 0 Å². The number of Topliss-reactive ketones (excluding diaryl/α,β-unsaturated/α-hetero) is 2. The molecule has 0 fully saturated rings. The summed E-state index contributed by atoms with van der Waals surface area (Å²) in [6.07, 6.45) is 0. The highest BCUT2D eigenvalue weighted by Gasteiger charge is 2.40.